The molecule has 0 heterocycles. The summed E-state index contributed by atoms with van der Waals surface area (Å²) in [5.74, 6) is -1.94. The van der Waals surface area contributed by atoms with Gasteiger partial charge in [-0.15, -0.1) is 0 Å². The Balaban J connectivity index is 3.20. The topological polar surface area (TPSA) is 34.1 Å². The number of benzene rings is 1. The smallest absolute Gasteiger partial charge is 0.181 e. The minimum atomic E-state index is -3.60. The molecular formula is C9H10F2O2S. The molecule has 1 aromatic carbocycles. The molecule has 0 amide bonds. The van der Waals surface area contributed by atoms with Crippen LogP contribution in [0.4, 0.5) is 8.78 Å². The highest BCUT2D eigenvalue weighted by atomic mass is 32.2. The molecule has 0 saturated carbocycles. The van der Waals surface area contributed by atoms with E-state index in [9.17, 15) is 17.2 Å². The van der Waals surface area contributed by atoms with Crippen LogP contribution in [0.15, 0.2) is 23.1 Å². The van der Waals surface area contributed by atoms with Crippen LogP contribution in [0, 0.1) is 11.6 Å². The van der Waals surface area contributed by atoms with Crippen LogP contribution in [0.2, 0.25) is 0 Å². The standard InChI is InChI=1S/C9H10F2O2S/c1-2-5-14(12,13)9-4-3-7(10)6-8(9)11/h3-4,6H,2,5H2,1H3. The van der Waals surface area contributed by atoms with Gasteiger partial charge in [-0.2, -0.15) is 0 Å². The van der Waals surface area contributed by atoms with Crippen LogP contribution in [0.1, 0.15) is 13.3 Å². The predicted molar refractivity (Wildman–Crippen MR) is 48.7 cm³/mol. The molecule has 5 heteroatoms. The molecule has 0 aliphatic rings. The molecule has 14 heavy (non-hydrogen) atoms. The summed E-state index contributed by atoms with van der Waals surface area (Å²) >= 11 is 0. The first-order valence-corrected chi connectivity index (χ1v) is 5.80. The van der Waals surface area contributed by atoms with Gasteiger partial charge in [0.2, 0.25) is 0 Å². The summed E-state index contributed by atoms with van der Waals surface area (Å²) < 4.78 is 48.3. The Hall–Kier alpha value is -0.970. The fourth-order valence-corrected chi connectivity index (χ4v) is 2.49. The van der Waals surface area contributed by atoms with Crippen LogP contribution in [0.5, 0.6) is 0 Å². The van der Waals surface area contributed by atoms with Gasteiger partial charge in [-0.25, -0.2) is 17.2 Å². The minimum Gasteiger partial charge on any atom is -0.224 e. The summed E-state index contributed by atoms with van der Waals surface area (Å²) in [4.78, 5) is -0.430. The first-order valence-electron chi connectivity index (χ1n) is 4.15. The Morgan fingerprint density at radius 1 is 1.29 bits per heavy atom. The zero-order valence-electron chi connectivity index (χ0n) is 7.63. The quantitative estimate of drug-likeness (QED) is 0.731. The zero-order chi connectivity index (χ0) is 10.8. The van der Waals surface area contributed by atoms with Crippen LogP contribution in [0.3, 0.4) is 0 Å². The lowest BCUT2D eigenvalue weighted by Gasteiger charge is -2.03. The number of halogens is 2. The van der Waals surface area contributed by atoms with E-state index in [1.807, 2.05) is 0 Å². The maximum atomic E-state index is 13.1. The van der Waals surface area contributed by atoms with E-state index >= 15 is 0 Å². The van der Waals surface area contributed by atoms with E-state index in [4.69, 9.17) is 0 Å². The van der Waals surface area contributed by atoms with Gasteiger partial charge < -0.3 is 0 Å². The van der Waals surface area contributed by atoms with Crippen LogP contribution in [-0.2, 0) is 9.84 Å². The van der Waals surface area contributed by atoms with E-state index in [1.165, 1.54) is 0 Å². The Kier molecular flexibility index (Phi) is 3.21. The van der Waals surface area contributed by atoms with E-state index in [0.29, 0.717) is 12.5 Å². The first-order chi connectivity index (χ1) is 6.47. The monoisotopic (exact) mass is 220 g/mol. The van der Waals surface area contributed by atoms with Gasteiger partial charge >= 0.3 is 0 Å². The Bertz CT molecular complexity index is 426. The van der Waals surface area contributed by atoms with E-state index in [0.717, 1.165) is 12.1 Å². The average molecular weight is 220 g/mol. The fraction of sp³-hybridized carbons (Fsp3) is 0.333. The molecule has 78 valence electrons. The number of hydrogen-bond acceptors (Lipinski definition) is 2. The highest BCUT2D eigenvalue weighted by molar-refractivity contribution is 7.91. The molecule has 0 aliphatic heterocycles. The van der Waals surface area contributed by atoms with Crippen LogP contribution in [-0.4, -0.2) is 14.2 Å². The van der Waals surface area contributed by atoms with Crippen molar-refractivity contribution in [3.8, 4) is 0 Å². The van der Waals surface area contributed by atoms with Gasteiger partial charge in [0.05, 0.1) is 5.75 Å². The van der Waals surface area contributed by atoms with Crippen molar-refractivity contribution < 1.29 is 17.2 Å². The van der Waals surface area contributed by atoms with Crippen molar-refractivity contribution in [1.29, 1.82) is 0 Å². The third kappa shape index (κ3) is 2.29. The van der Waals surface area contributed by atoms with Crippen LogP contribution in [0.25, 0.3) is 0 Å². The summed E-state index contributed by atoms with van der Waals surface area (Å²) in [6.45, 7) is 1.68. The molecular weight excluding hydrogens is 210 g/mol. The summed E-state index contributed by atoms with van der Waals surface area (Å²) in [5.41, 5.74) is 0. The van der Waals surface area contributed by atoms with Crippen molar-refractivity contribution in [2.75, 3.05) is 5.75 Å². The van der Waals surface area contributed by atoms with E-state index in [-0.39, 0.29) is 5.75 Å². The SMILES string of the molecule is CCCS(=O)(=O)c1ccc(F)cc1F. The molecule has 0 fully saturated rings. The zero-order valence-corrected chi connectivity index (χ0v) is 8.44. The number of rotatable bonds is 3. The highest BCUT2D eigenvalue weighted by Crippen LogP contribution is 2.17. The average Bonchev–Trinajstić information content (AvgIpc) is 2.02. The molecule has 0 aliphatic carbocycles. The third-order valence-electron chi connectivity index (χ3n) is 1.70. The summed E-state index contributed by atoms with van der Waals surface area (Å²) in [6, 6.07) is 2.46. The lowest BCUT2D eigenvalue weighted by atomic mass is 10.3. The van der Waals surface area contributed by atoms with Crippen molar-refractivity contribution in [3.05, 3.63) is 29.8 Å². The van der Waals surface area contributed by atoms with Gasteiger partial charge in [0.25, 0.3) is 0 Å². The second-order valence-electron chi connectivity index (χ2n) is 2.89. The number of sulfone groups is 1. The van der Waals surface area contributed by atoms with Crippen molar-refractivity contribution in [2.45, 2.75) is 18.2 Å². The van der Waals surface area contributed by atoms with Gasteiger partial charge in [0.1, 0.15) is 16.5 Å². The van der Waals surface area contributed by atoms with Gasteiger partial charge in [0.15, 0.2) is 9.84 Å². The minimum absolute atomic E-state index is 0.129. The van der Waals surface area contributed by atoms with Crippen molar-refractivity contribution in [3.63, 3.8) is 0 Å². The summed E-state index contributed by atoms with van der Waals surface area (Å²) in [5, 5.41) is 0. The molecule has 0 radical (unpaired) electrons. The van der Waals surface area contributed by atoms with Gasteiger partial charge in [-0.1, -0.05) is 6.92 Å². The van der Waals surface area contributed by atoms with Gasteiger partial charge in [-0.05, 0) is 18.6 Å². The van der Waals surface area contributed by atoms with Gasteiger partial charge in [0, 0.05) is 6.07 Å². The molecule has 0 spiro atoms. The van der Waals surface area contributed by atoms with Crippen LogP contribution < -0.4 is 0 Å². The van der Waals surface area contributed by atoms with Crippen LogP contribution >= 0.6 is 0 Å². The molecule has 1 rings (SSSR count). The Morgan fingerprint density at radius 3 is 2.43 bits per heavy atom. The fourth-order valence-electron chi connectivity index (χ4n) is 1.11. The molecule has 0 unspecified atom stereocenters. The Labute approximate surface area is 81.5 Å². The molecule has 1 aromatic rings. The third-order valence-corrected chi connectivity index (χ3v) is 3.65. The summed E-state index contributed by atoms with van der Waals surface area (Å²) in [6.07, 6.45) is 0.402. The highest BCUT2D eigenvalue weighted by Gasteiger charge is 2.18. The number of hydrogen-bond donors (Lipinski definition) is 0. The van der Waals surface area contributed by atoms with E-state index in [2.05, 4.69) is 0 Å². The largest absolute Gasteiger partial charge is 0.224 e. The van der Waals surface area contributed by atoms with Crippen molar-refractivity contribution in [2.24, 2.45) is 0 Å². The first kappa shape index (κ1) is 11.1. The molecule has 0 saturated heterocycles. The lowest BCUT2D eigenvalue weighted by Crippen LogP contribution is -2.08. The maximum Gasteiger partial charge on any atom is 0.181 e. The second kappa shape index (κ2) is 4.04. The maximum absolute atomic E-state index is 13.1. The molecule has 0 bridgehead atoms. The lowest BCUT2D eigenvalue weighted by molar-refractivity contribution is 0.548. The van der Waals surface area contributed by atoms with Gasteiger partial charge in [-0.3, -0.25) is 0 Å². The van der Waals surface area contributed by atoms with E-state index < -0.39 is 26.4 Å². The predicted octanol–water partition coefficient (Wildman–Crippen LogP) is 2.15. The second-order valence-corrected chi connectivity index (χ2v) is 4.97. The molecule has 0 N–H and O–H groups in total. The van der Waals surface area contributed by atoms with Crippen molar-refractivity contribution in [1.82, 2.24) is 0 Å². The Morgan fingerprint density at radius 2 is 1.93 bits per heavy atom. The molecule has 0 atom stereocenters. The normalized spacial score (nSPS) is 11.6. The molecule has 0 aromatic heterocycles. The summed E-state index contributed by atoms with van der Waals surface area (Å²) in [7, 11) is -3.60. The molecule has 2 nitrogen and oxygen atoms in total. The van der Waals surface area contributed by atoms with E-state index in [1.54, 1.807) is 6.92 Å². The van der Waals surface area contributed by atoms with Crippen molar-refractivity contribution >= 4 is 9.84 Å².